The molecular weight excluding hydrogens is 220 g/mol. The largest absolute Gasteiger partial charge is 0.481 e. The van der Waals surface area contributed by atoms with Crippen molar-refractivity contribution in [1.29, 1.82) is 0 Å². The van der Waals surface area contributed by atoms with Crippen LogP contribution in [0.3, 0.4) is 0 Å². The van der Waals surface area contributed by atoms with Crippen LogP contribution in [0.2, 0.25) is 0 Å². The summed E-state index contributed by atoms with van der Waals surface area (Å²) >= 11 is 0. The maximum Gasteiger partial charge on any atom is 0.304 e. The van der Waals surface area contributed by atoms with Crippen LogP contribution in [0.25, 0.3) is 0 Å². The van der Waals surface area contributed by atoms with Gasteiger partial charge in [-0.05, 0) is 24.8 Å². The monoisotopic (exact) mass is 236 g/mol. The van der Waals surface area contributed by atoms with Gasteiger partial charge in [-0.2, -0.15) is 0 Å². The Morgan fingerprint density at radius 1 is 1.53 bits per heavy atom. The second kappa shape index (κ2) is 5.14. The van der Waals surface area contributed by atoms with Crippen molar-refractivity contribution in [3.8, 4) is 0 Å². The number of hydrogen-bond acceptors (Lipinski definition) is 3. The summed E-state index contributed by atoms with van der Waals surface area (Å²) in [5.74, 6) is -0.796. The van der Waals surface area contributed by atoms with Crippen LogP contribution in [0, 0.1) is 0 Å². The number of rotatable bonds is 4. The normalized spacial score (nSPS) is 18.7. The lowest BCUT2D eigenvalue weighted by atomic mass is 9.91. The molecule has 0 saturated carbocycles. The van der Waals surface area contributed by atoms with E-state index >= 15 is 0 Å². The summed E-state index contributed by atoms with van der Waals surface area (Å²) in [4.78, 5) is 24.5. The Bertz CT molecular complexity index is 467. The van der Waals surface area contributed by atoms with E-state index in [-0.39, 0.29) is 18.0 Å². The summed E-state index contributed by atoms with van der Waals surface area (Å²) in [6.45, 7) is 0.457. The molecule has 0 saturated heterocycles. The number of aliphatic carboxylic acids is 1. The Hall–Kier alpha value is -1.62. The topological polar surface area (TPSA) is 82.2 Å². The predicted octanol–water partition coefficient (Wildman–Crippen LogP) is 0.817. The Morgan fingerprint density at radius 2 is 2.35 bits per heavy atom. The molecule has 92 valence electrons. The molecule has 1 heterocycles. The van der Waals surface area contributed by atoms with Crippen LogP contribution in [0.5, 0.6) is 0 Å². The summed E-state index contributed by atoms with van der Waals surface area (Å²) in [6.07, 6.45) is 3.01. The van der Waals surface area contributed by atoms with Gasteiger partial charge in [0.15, 0.2) is 0 Å². The summed E-state index contributed by atoms with van der Waals surface area (Å²) in [5, 5.41) is 11.8. The van der Waals surface area contributed by atoms with Crippen LogP contribution in [-0.4, -0.2) is 22.6 Å². The highest BCUT2D eigenvalue weighted by atomic mass is 16.4. The highest BCUT2D eigenvalue weighted by Gasteiger charge is 2.20. The SMILES string of the molecule is O=C(O)CCNC1CCCc2[nH]c(=O)ccc21. The van der Waals surface area contributed by atoms with Gasteiger partial charge in [0.05, 0.1) is 6.42 Å². The molecule has 0 amide bonds. The minimum absolute atomic E-state index is 0.0741. The molecule has 1 aliphatic rings. The van der Waals surface area contributed by atoms with Gasteiger partial charge in [-0.25, -0.2) is 0 Å². The van der Waals surface area contributed by atoms with Gasteiger partial charge in [-0.3, -0.25) is 9.59 Å². The number of aromatic nitrogens is 1. The smallest absolute Gasteiger partial charge is 0.304 e. The van der Waals surface area contributed by atoms with Crippen LogP contribution in [-0.2, 0) is 11.2 Å². The van der Waals surface area contributed by atoms with Crippen molar-refractivity contribution in [2.75, 3.05) is 6.54 Å². The third-order valence-electron chi connectivity index (χ3n) is 3.06. The van der Waals surface area contributed by atoms with E-state index in [1.165, 1.54) is 6.07 Å². The van der Waals surface area contributed by atoms with Crippen LogP contribution < -0.4 is 10.9 Å². The number of aryl methyl sites for hydroxylation is 1. The fourth-order valence-electron chi connectivity index (χ4n) is 2.27. The number of carboxylic acids is 1. The number of hydrogen-bond donors (Lipinski definition) is 3. The molecule has 5 nitrogen and oxygen atoms in total. The van der Waals surface area contributed by atoms with Gasteiger partial charge in [0.2, 0.25) is 5.56 Å². The summed E-state index contributed by atoms with van der Waals surface area (Å²) < 4.78 is 0. The van der Waals surface area contributed by atoms with E-state index in [9.17, 15) is 9.59 Å². The molecule has 1 unspecified atom stereocenters. The summed E-state index contributed by atoms with van der Waals surface area (Å²) in [5.41, 5.74) is 2.01. The molecule has 1 aliphatic carbocycles. The number of aromatic amines is 1. The molecule has 1 aromatic heterocycles. The first-order valence-electron chi connectivity index (χ1n) is 5.84. The van der Waals surface area contributed by atoms with E-state index in [0.29, 0.717) is 6.54 Å². The molecule has 1 atom stereocenters. The molecule has 0 fully saturated rings. The Balaban J connectivity index is 2.06. The number of carboxylic acid groups (broad SMARTS) is 1. The minimum Gasteiger partial charge on any atom is -0.481 e. The first-order valence-corrected chi connectivity index (χ1v) is 5.84. The van der Waals surface area contributed by atoms with Crippen molar-refractivity contribution in [3.63, 3.8) is 0 Å². The van der Waals surface area contributed by atoms with Gasteiger partial charge in [0.25, 0.3) is 0 Å². The van der Waals surface area contributed by atoms with Crippen molar-refractivity contribution in [2.45, 2.75) is 31.7 Å². The van der Waals surface area contributed by atoms with E-state index < -0.39 is 5.97 Å². The van der Waals surface area contributed by atoms with Crippen molar-refractivity contribution < 1.29 is 9.90 Å². The summed E-state index contributed by atoms with van der Waals surface area (Å²) in [6, 6.07) is 3.52. The minimum atomic E-state index is -0.796. The molecular formula is C12H16N2O3. The zero-order valence-electron chi connectivity index (χ0n) is 9.53. The van der Waals surface area contributed by atoms with Gasteiger partial charge in [-0.15, -0.1) is 0 Å². The van der Waals surface area contributed by atoms with Crippen LogP contribution in [0.1, 0.15) is 36.6 Å². The molecule has 0 radical (unpaired) electrons. The standard InChI is InChI=1S/C12H16N2O3/c15-11-5-4-8-9(13-7-6-12(16)17)2-1-3-10(8)14-11/h4-5,9,13H,1-3,6-7H2,(H,14,15)(H,16,17). The lowest BCUT2D eigenvalue weighted by Crippen LogP contribution is -2.28. The third kappa shape index (κ3) is 2.94. The summed E-state index contributed by atoms with van der Waals surface area (Å²) in [7, 11) is 0. The van der Waals surface area contributed by atoms with E-state index in [4.69, 9.17) is 5.11 Å². The number of fused-ring (bicyclic) bond motifs is 1. The molecule has 3 N–H and O–H groups in total. The first kappa shape index (κ1) is 11.9. The van der Waals surface area contributed by atoms with Crippen LogP contribution in [0.15, 0.2) is 16.9 Å². The van der Waals surface area contributed by atoms with Gasteiger partial charge in [-0.1, -0.05) is 6.07 Å². The first-order chi connectivity index (χ1) is 8.16. The number of pyridine rings is 1. The second-order valence-electron chi connectivity index (χ2n) is 4.30. The molecule has 0 aliphatic heterocycles. The Morgan fingerprint density at radius 3 is 3.12 bits per heavy atom. The van der Waals surface area contributed by atoms with Gasteiger partial charge >= 0.3 is 5.97 Å². The van der Waals surface area contributed by atoms with Crippen molar-refractivity contribution in [3.05, 3.63) is 33.7 Å². The average molecular weight is 236 g/mol. The maximum atomic E-state index is 11.2. The molecule has 0 spiro atoms. The second-order valence-corrected chi connectivity index (χ2v) is 4.30. The Labute approximate surface area is 98.9 Å². The maximum absolute atomic E-state index is 11.2. The Kier molecular flexibility index (Phi) is 3.58. The predicted molar refractivity (Wildman–Crippen MR) is 63.0 cm³/mol. The number of nitrogens with one attached hydrogen (secondary N) is 2. The molecule has 0 aromatic carbocycles. The van der Waals surface area contributed by atoms with Crippen molar-refractivity contribution in [2.24, 2.45) is 0 Å². The van der Waals surface area contributed by atoms with Crippen LogP contribution >= 0.6 is 0 Å². The fraction of sp³-hybridized carbons (Fsp3) is 0.500. The quantitative estimate of drug-likeness (QED) is 0.722. The van der Waals surface area contributed by atoms with Crippen molar-refractivity contribution >= 4 is 5.97 Å². The fourth-order valence-corrected chi connectivity index (χ4v) is 2.27. The van der Waals surface area contributed by atoms with E-state index in [2.05, 4.69) is 10.3 Å². The van der Waals surface area contributed by atoms with Crippen molar-refractivity contribution in [1.82, 2.24) is 10.3 Å². The zero-order valence-corrected chi connectivity index (χ0v) is 9.53. The lowest BCUT2D eigenvalue weighted by Gasteiger charge is -2.25. The van der Waals surface area contributed by atoms with Gasteiger partial charge in [0, 0.05) is 24.3 Å². The molecule has 0 bridgehead atoms. The highest BCUT2D eigenvalue weighted by Crippen LogP contribution is 2.27. The van der Waals surface area contributed by atoms with Crippen LogP contribution in [0.4, 0.5) is 0 Å². The van der Waals surface area contributed by atoms with E-state index in [1.54, 1.807) is 0 Å². The lowest BCUT2D eigenvalue weighted by molar-refractivity contribution is -0.136. The molecule has 17 heavy (non-hydrogen) atoms. The van der Waals surface area contributed by atoms with Gasteiger partial charge in [0.1, 0.15) is 0 Å². The molecule has 2 rings (SSSR count). The van der Waals surface area contributed by atoms with Gasteiger partial charge < -0.3 is 15.4 Å². The number of H-pyrrole nitrogens is 1. The molecule has 5 heteroatoms. The third-order valence-corrected chi connectivity index (χ3v) is 3.06. The zero-order chi connectivity index (χ0) is 12.3. The highest BCUT2D eigenvalue weighted by molar-refractivity contribution is 5.66. The average Bonchev–Trinajstić information content (AvgIpc) is 2.28. The number of carbonyl (C=O) groups is 1. The van der Waals surface area contributed by atoms with E-state index in [1.807, 2.05) is 6.07 Å². The van der Waals surface area contributed by atoms with E-state index in [0.717, 1.165) is 30.5 Å². The molecule has 1 aromatic rings.